The average molecular weight is 419 g/mol. The first-order valence-electron chi connectivity index (χ1n) is 9.26. The summed E-state index contributed by atoms with van der Waals surface area (Å²) in [6, 6.07) is 0.711. The van der Waals surface area contributed by atoms with Crippen LogP contribution >= 0.6 is 11.3 Å². The van der Waals surface area contributed by atoms with Gasteiger partial charge in [-0.15, -0.1) is 15.7 Å². The molecule has 148 valence electrons. The van der Waals surface area contributed by atoms with Gasteiger partial charge in [-0.2, -0.15) is 0 Å². The van der Waals surface area contributed by atoms with E-state index in [1.54, 1.807) is 5.38 Å². The molecule has 2 aliphatic carbocycles. The van der Waals surface area contributed by atoms with Crippen LogP contribution in [-0.4, -0.2) is 21.0 Å². The molecule has 2 aromatic rings. The lowest BCUT2D eigenvalue weighted by Gasteiger charge is -2.15. The fourth-order valence-electron chi connectivity index (χ4n) is 3.91. The molecule has 0 radical (unpaired) electrons. The number of aromatic nitrogens is 1. The number of hydrogen-bond acceptors (Lipinski definition) is 5. The third kappa shape index (κ3) is 3.38. The number of nitrogens with one attached hydrogen (secondary N) is 1. The lowest BCUT2D eigenvalue weighted by Crippen LogP contribution is -2.18. The molecule has 0 bridgehead atoms. The van der Waals surface area contributed by atoms with Gasteiger partial charge in [0, 0.05) is 22.3 Å². The Bertz CT molecular complexity index is 1110. The molecule has 0 saturated carbocycles. The Balaban J connectivity index is 1.67. The van der Waals surface area contributed by atoms with E-state index in [1.807, 2.05) is 0 Å². The smallest absolute Gasteiger partial charge is 0.305 e. The van der Waals surface area contributed by atoms with Gasteiger partial charge in [0.2, 0.25) is 0 Å². The predicted octanol–water partition coefficient (Wildman–Crippen LogP) is 3.82. The van der Waals surface area contributed by atoms with Crippen LogP contribution in [0.1, 0.15) is 65.5 Å². The Morgan fingerprint density at radius 1 is 1.32 bits per heavy atom. The Hall–Kier alpha value is -2.10. The van der Waals surface area contributed by atoms with Gasteiger partial charge in [0.05, 0.1) is 5.69 Å². The summed E-state index contributed by atoms with van der Waals surface area (Å²) in [6.45, 7) is 3.56. The zero-order chi connectivity index (χ0) is 20.1. The Kier molecular flexibility index (Phi) is 4.84. The van der Waals surface area contributed by atoms with Crippen molar-refractivity contribution in [2.75, 3.05) is 5.32 Å². The van der Waals surface area contributed by atoms with Gasteiger partial charge in [-0.3, -0.25) is 9.78 Å². The summed E-state index contributed by atoms with van der Waals surface area (Å²) < 4.78 is 16.7. The molecule has 28 heavy (non-hydrogen) atoms. The molecule has 7 nitrogen and oxygen atoms in total. The number of aryl methyl sites for hydroxylation is 1. The van der Waals surface area contributed by atoms with Crippen molar-refractivity contribution in [3.63, 3.8) is 0 Å². The van der Waals surface area contributed by atoms with E-state index in [2.05, 4.69) is 16.6 Å². The number of thiophene rings is 1. The van der Waals surface area contributed by atoms with Crippen LogP contribution in [0.5, 0.6) is 0 Å². The van der Waals surface area contributed by atoms with Crippen LogP contribution in [0.4, 0.5) is 10.5 Å². The molecule has 2 atom stereocenters. The first-order chi connectivity index (χ1) is 13.3. The number of urea groups is 1. The molecule has 0 spiro atoms. The standard InChI is InChI=1S/C19H22N4O3S2/c1-10-6-7-14-17(10)21-15-5-3-4-13(15)18(14)22-19(25)23-28(20,26)16-8-12(9-27-16)11(2)24/h8-10H,3-7H2,1-2H3,(H3,20,21,22,23,25,26)/t10-,28-/m1/s1. The predicted molar refractivity (Wildman–Crippen MR) is 109 cm³/mol. The number of anilines is 1. The maximum absolute atomic E-state index is 12.8. The molecule has 4 rings (SSSR count). The molecule has 2 aliphatic rings. The van der Waals surface area contributed by atoms with Gasteiger partial charge in [0.15, 0.2) is 15.7 Å². The highest BCUT2D eigenvalue weighted by atomic mass is 32.2. The number of carbonyl (C=O) groups is 2. The number of Topliss-reactive ketones (excluding diaryl/α,β-unsaturated/α-hetero) is 1. The van der Waals surface area contributed by atoms with Crippen LogP contribution in [0.3, 0.4) is 0 Å². The number of pyridine rings is 1. The Morgan fingerprint density at radius 2 is 2.11 bits per heavy atom. The zero-order valence-electron chi connectivity index (χ0n) is 15.8. The summed E-state index contributed by atoms with van der Waals surface area (Å²) in [5, 5.41) is 10.3. The Labute approximate surface area is 168 Å². The fourth-order valence-corrected chi connectivity index (χ4v) is 6.06. The van der Waals surface area contributed by atoms with E-state index in [4.69, 9.17) is 10.1 Å². The molecular formula is C19H22N4O3S2. The maximum atomic E-state index is 12.8. The second-order valence-electron chi connectivity index (χ2n) is 7.37. The van der Waals surface area contributed by atoms with Gasteiger partial charge >= 0.3 is 6.03 Å². The van der Waals surface area contributed by atoms with E-state index < -0.39 is 15.9 Å². The fraction of sp³-hybridized carbons (Fsp3) is 0.421. The number of hydrogen-bond donors (Lipinski definition) is 2. The zero-order valence-corrected chi connectivity index (χ0v) is 17.4. The van der Waals surface area contributed by atoms with Gasteiger partial charge in [0.1, 0.15) is 4.21 Å². The van der Waals surface area contributed by atoms with Gasteiger partial charge in [-0.05, 0) is 62.1 Å². The number of amides is 2. The molecule has 3 N–H and O–H groups in total. The number of nitrogens with zero attached hydrogens (tertiary/aromatic N) is 2. The SMILES string of the molecule is CC(=O)c1csc([S@](N)(=O)=NC(=O)Nc2c3c(nc4c2CC[C@H]4C)CCC3)c1. The third-order valence-electron chi connectivity index (χ3n) is 5.37. The van der Waals surface area contributed by atoms with E-state index in [9.17, 15) is 13.8 Å². The largest absolute Gasteiger partial charge is 0.354 e. The molecule has 0 aromatic carbocycles. The van der Waals surface area contributed by atoms with E-state index in [-0.39, 0.29) is 9.99 Å². The van der Waals surface area contributed by atoms with Gasteiger partial charge < -0.3 is 5.32 Å². The highest BCUT2D eigenvalue weighted by Gasteiger charge is 2.30. The van der Waals surface area contributed by atoms with E-state index in [0.717, 1.165) is 71.6 Å². The van der Waals surface area contributed by atoms with Gasteiger partial charge in [-0.1, -0.05) is 6.92 Å². The quantitative estimate of drug-likeness (QED) is 0.737. The van der Waals surface area contributed by atoms with Crippen LogP contribution in [-0.2, 0) is 29.2 Å². The minimum absolute atomic E-state index is 0.154. The first-order valence-corrected chi connectivity index (χ1v) is 11.7. The van der Waals surface area contributed by atoms with Crippen molar-refractivity contribution in [2.45, 2.75) is 56.1 Å². The van der Waals surface area contributed by atoms with Crippen LogP contribution in [0.15, 0.2) is 20.0 Å². The highest BCUT2D eigenvalue weighted by molar-refractivity contribution is 7.93. The highest BCUT2D eigenvalue weighted by Crippen LogP contribution is 2.41. The van der Waals surface area contributed by atoms with Crippen molar-refractivity contribution >= 4 is 38.8 Å². The van der Waals surface area contributed by atoms with Crippen molar-refractivity contribution < 1.29 is 13.8 Å². The lowest BCUT2D eigenvalue weighted by atomic mass is 10.0. The maximum Gasteiger partial charge on any atom is 0.354 e. The van der Waals surface area contributed by atoms with Crippen molar-refractivity contribution in [1.82, 2.24) is 4.98 Å². The summed E-state index contributed by atoms with van der Waals surface area (Å²) in [6.07, 6.45) is 4.64. The normalized spacial score (nSPS) is 19.6. The van der Waals surface area contributed by atoms with Gasteiger partial charge in [-0.25, -0.2) is 14.1 Å². The summed E-state index contributed by atoms with van der Waals surface area (Å²) >= 11 is 1.07. The monoisotopic (exact) mass is 418 g/mol. The number of ketones is 1. The van der Waals surface area contributed by atoms with E-state index >= 15 is 0 Å². The minimum atomic E-state index is -3.42. The summed E-state index contributed by atoms with van der Waals surface area (Å²) in [5.74, 6) is 0.211. The molecule has 2 amide bonds. The number of nitrogens with two attached hydrogens (primary N) is 1. The van der Waals surface area contributed by atoms with Crippen LogP contribution in [0, 0.1) is 0 Å². The lowest BCUT2D eigenvalue weighted by molar-refractivity contribution is 0.101. The molecule has 0 saturated heterocycles. The first kappa shape index (κ1) is 19.2. The van der Waals surface area contributed by atoms with Crippen molar-refractivity contribution in [3.8, 4) is 0 Å². The number of rotatable bonds is 3. The van der Waals surface area contributed by atoms with E-state index in [1.165, 1.54) is 13.0 Å². The minimum Gasteiger partial charge on any atom is -0.305 e. The number of fused-ring (bicyclic) bond motifs is 2. The van der Waals surface area contributed by atoms with Crippen molar-refractivity contribution in [2.24, 2.45) is 9.50 Å². The number of carbonyl (C=O) groups excluding carboxylic acids is 2. The Morgan fingerprint density at radius 3 is 2.82 bits per heavy atom. The summed E-state index contributed by atoms with van der Waals surface area (Å²) in [7, 11) is -3.42. The molecule has 9 heteroatoms. The van der Waals surface area contributed by atoms with Crippen LogP contribution < -0.4 is 10.5 Å². The molecule has 0 unspecified atom stereocenters. The molecule has 2 heterocycles. The molecule has 2 aromatic heterocycles. The van der Waals surface area contributed by atoms with E-state index in [0.29, 0.717) is 11.5 Å². The van der Waals surface area contributed by atoms with Crippen molar-refractivity contribution in [1.29, 1.82) is 0 Å². The topological polar surface area (TPSA) is 115 Å². The second-order valence-corrected chi connectivity index (χ2v) is 10.3. The summed E-state index contributed by atoms with van der Waals surface area (Å²) in [4.78, 5) is 28.9. The van der Waals surface area contributed by atoms with Gasteiger partial charge in [0.25, 0.3) is 0 Å². The molecular weight excluding hydrogens is 396 g/mol. The summed E-state index contributed by atoms with van der Waals surface area (Å²) in [5.41, 5.74) is 5.41. The van der Waals surface area contributed by atoms with Crippen LogP contribution in [0.2, 0.25) is 0 Å². The second kappa shape index (κ2) is 7.06. The molecule has 0 fully saturated rings. The molecule has 0 aliphatic heterocycles. The van der Waals surface area contributed by atoms with Crippen molar-refractivity contribution in [3.05, 3.63) is 39.5 Å². The van der Waals surface area contributed by atoms with Crippen LogP contribution in [0.25, 0.3) is 0 Å². The third-order valence-corrected chi connectivity index (χ3v) is 8.23. The average Bonchev–Trinajstić information content (AvgIpc) is 3.34.